The van der Waals surface area contributed by atoms with E-state index in [2.05, 4.69) is 20.7 Å². The normalized spacial score (nSPS) is 11.3. The topological polar surface area (TPSA) is 55.4 Å². The van der Waals surface area contributed by atoms with E-state index in [4.69, 9.17) is 4.74 Å². The molecule has 22 heavy (non-hydrogen) atoms. The number of halogens is 1. The Labute approximate surface area is 139 Å². The third-order valence-electron chi connectivity index (χ3n) is 3.61. The van der Waals surface area contributed by atoms with Crippen molar-refractivity contribution in [3.8, 4) is 5.75 Å². The van der Waals surface area contributed by atoms with E-state index in [1.807, 2.05) is 19.9 Å². The summed E-state index contributed by atoms with van der Waals surface area (Å²) < 4.78 is 34.0. The number of methoxy groups -OCH3 is 1. The largest absolute Gasteiger partial charge is 0.496 e. The Morgan fingerprint density at radius 1 is 1.05 bits per heavy atom. The number of hydrogen-bond acceptors (Lipinski definition) is 3. The van der Waals surface area contributed by atoms with Crippen LogP contribution in [0.1, 0.15) is 16.7 Å². The Balaban J connectivity index is 2.42. The lowest BCUT2D eigenvalue weighted by atomic mass is 10.1. The Kier molecular flexibility index (Phi) is 4.82. The number of benzene rings is 2. The van der Waals surface area contributed by atoms with Crippen LogP contribution < -0.4 is 9.46 Å². The highest BCUT2D eigenvalue weighted by atomic mass is 79.9. The number of anilines is 1. The summed E-state index contributed by atoms with van der Waals surface area (Å²) in [4.78, 5) is 0.256. The van der Waals surface area contributed by atoms with Crippen LogP contribution in [0.5, 0.6) is 5.75 Å². The van der Waals surface area contributed by atoms with Gasteiger partial charge >= 0.3 is 0 Å². The van der Waals surface area contributed by atoms with Gasteiger partial charge in [-0.25, -0.2) is 8.42 Å². The molecule has 0 saturated heterocycles. The molecule has 0 radical (unpaired) electrons. The molecule has 0 bridgehead atoms. The number of hydrogen-bond donors (Lipinski definition) is 1. The molecule has 2 aromatic carbocycles. The third-order valence-corrected chi connectivity index (χ3v) is 6.02. The van der Waals surface area contributed by atoms with Crippen molar-refractivity contribution >= 4 is 31.6 Å². The molecule has 6 heteroatoms. The van der Waals surface area contributed by atoms with Crippen LogP contribution >= 0.6 is 15.9 Å². The molecule has 0 aliphatic rings. The van der Waals surface area contributed by atoms with Gasteiger partial charge in [0.25, 0.3) is 10.0 Å². The highest BCUT2D eigenvalue weighted by molar-refractivity contribution is 9.10. The van der Waals surface area contributed by atoms with Gasteiger partial charge in [0.1, 0.15) is 5.75 Å². The molecule has 0 unspecified atom stereocenters. The van der Waals surface area contributed by atoms with Gasteiger partial charge in [-0.3, -0.25) is 4.72 Å². The summed E-state index contributed by atoms with van der Waals surface area (Å²) in [6.45, 7) is 5.53. The van der Waals surface area contributed by atoms with Gasteiger partial charge in [0, 0.05) is 10.2 Å². The van der Waals surface area contributed by atoms with E-state index < -0.39 is 10.0 Å². The van der Waals surface area contributed by atoms with Crippen molar-refractivity contribution in [2.75, 3.05) is 11.8 Å². The maximum absolute atomic E-state index is 12.6. The zero-order chi connectivity index (χ0) is 16.5. The fraction of sp³-hybridized carbons (Fsp3) is 0.250. The maximum Gasteiger partial charge on any atom is 0.262 e. The molecule has 4 nitrogen and oxygen atoms in total. The quantitative estimate of drug-likeness (QED) is 0.860. The molecule has 0 aliphatic heterocycles. The molecule has 0 saturated carbocycles. The first-order valence-electron chi connectivity index (χ1n) is 6.69. The number of rotatable bonds is 4. The van der Waals surface area contributed by atoms with E-state index in [1.54, 1.807) is 38.3 Å². The van der Waals surface area contributed by atoms with Crippen LogP contribution in [0.4, 0.5) is 5.69 Å². The predicted molar refractivity (Wildman–Crippen MR) is 92.2 cm³/mol. The summed E-state index contributed by atoms with van der Waals surface area (Å²) in [5.41, 5.74) is 2.99. The Morgan fingerprint density at radius 3 is 2.32 bits per heavy atom. The van der Waals surface area contributed by atoms with E-state index in [0.29, 0.717) is 17.0 Å². The first kappa shape index (κ1) is 16.8. The summed E-state index contributed by atoms with van der Waals surface area (Å²) >= 11 is 3.40. The molecule has 0 amide bonds. The third kappa shape index (κ3) is 3.28. The molecule has 1 N–H and O–H groups in total. The van der Waals surface area contributed by atoms with Crippen molar-refractivity contribution in [2.24, 2.45) is 0 Å². The summed E-state index contributed by atoms with van der Waals surface area (Å²) in [5.74, 6) is 0.677. The molecule has 2 aromatic rings. The van der Waals surface area contributed by atoms with Crippen molar-refractivity contribution in [3.63, 3.8) is 0 Å². The first-order chi connectivity index (χ1) is 10.3. The highest BCUT2D eigenvalue weighted by Gasteiger charge is 2.19. The second-order valence-electron chi connectivity index (χ2n) is 5.09. The van der Waals surface area contributed by atoms with Crippen LogP contribution in [0.15, 0.2) is 39.7 Å². The molecule has 0 aliphatic carbocycles. The van der Waals surface area contributed by atoms with E-state index in [-0.39, 0.29) is 4.90 Å². The lowest BCUT2D eigenvalue weighted by Gasteiger charge is -2.14. The lowest BCUT2D eigenvalue weighted by Crippen LogP contribution is -2.15. The number of ether oxygens (including phenoxy) is 1. The van der Waals surface area contributed by atoms with Crippen LogP contribution in [-0.4, -0.2) is 15.5 Å². The predicted octanol–water partition coefficient (Wildman–Crippen LogP) is 4.18. The van der Waals surface area contributed by atoms with Crippen LogP contribution in [-0.2, 0) is 10.0 Å². The van der Waals surface area contributed by atoms with Crippen molar-refractivity contribution in [3.05, 3.63) is 51.5 Å². The van der Waals surface area contributed by atoms with E-state index in [1.165, 1.54) is 0 Å². The highest BCUT2D eigenvalue weighted by Crippen LogP contribution is 2.28. The van der Waals surface area contributed by atoms with Gasteiger partial charge in [-0.05, 0) is 67.8 Å². The molecule has 0 atom stereocenters. The van der Waals surface area contributed by atoms with Gasteiger partial charge in [0.05, 0.1) is 12.0 Å². The molecule has 0 aromatic heterocycles. The van der Waals surface area contributed by atoms with Crippen molar-refractivity contribution in [2.45, 2.75) is 25.7 Å². The SMILES string of the molecule is COc1ccc(S(=O)(=O)Nc2ccc(Br)c(C)c2)c(C)c1C. The van der Waals surface area contributed by atoms with Crippen LogP contribution in [0.25, 0.3) is 0 Å². The van der Waals surface area contributed by atoms with Crippen LogP contribution in [0.2, 0.25) is 0 Å². The van der Waals surface area contributed by atoms with E-state index in [0.717, 1.165) is 15.6 Å². The van der Waals surface area contributed by atoms with Gasteiger partial charge in [-0.15, -0.1) is 0 Å². The van der Waals surface area contributed by atoms with Gasteiger partial charge in [-0.1, -0.05) is 15.9 Å². The van der Waals surface area contributed by atoms with Gasteiger partial charge < -0.3 is 4.74 Å². The number of sulfonamides is 1. The minimum atomic E-state index is -3.64. The second-order valence-corrected chi connectivity index (χ2v) is 7.59. The molecular formula is C16H18BrNO3S. The van der Waals surface area contributed by atoms with Crippen molar-refractivity contribution < 1.29 is 13.2 Å². The zero-order valence-electron chi connectivity index (χ0n) is 12.9. The maximum atomic E-state index is 12.6. The monoisotopic (exact) mass is 383 g/mol. The molecule has 118 valence electrons. The van der Waals surface area contributed by atoms with Crippen LogP contribution in [0, 0.1) is 20.8 Å². The second kappa shape index (κ2) is 6.30. The van der Waals surface area contributed by atoms with Gasteiger partial charge in [0.2, 0.25) is 0 Å². The number of nitrogens with one attached hydrogen (secondary N) is 1. The molecule has 2 rings (SSSR count). The molecular weight excluding hydrogens is 366 g/mol. The van der Waals surface area contributed by atoms with Gasteiger partial charge in [0.15, 0.2) is 0 Å². The summed E-state index contributed by atoms with van der Waals surface area (Å²) in [6, 6.07) is 8.56. The molecule has 0 heterocycles. The average molecular weight is 384 g/mol. The fourth-order valence-electron chi connectivity index (χ4n) is 2.20. The average Bonchev–Trinajstić information content (AvgIpc) is 2.45. The Bertz CT molecular complexity index is 816. The summed E-state index contributed by atoms with van der Waals surface area (Å²) in [5, 5.41) is 0. The zero-order valence-corrected chi connectivity index (χ0v) is 15.3. The fourth-order valence-corrected chi connectivity index (χ4v) is 3.80. The Hall–Kier alpha value is -1.53. The molecule has 0 fully saturated rings. The minimum Gasteiger partial charge on any atom is -0.496 e. The van der Waals surface area contributed by atoms with E-state index >= 15 is 0 Å². The molecule has 0 spiro atoms. The van der Waals surface area contributed by atoms with Crippen LogP contribution in [0.3, 0.4) is 0 Å². The lowest BCUT2D eigenvalue weighted by molar-refractivity contribution is 0.411. The minimum absolute atomic E-state index is 0.256. The number of aryl methyl sites for hydroxylation is 1. The Morgan fingerprint density at radius 2 is 1.73 bits per heavy atom. The van der Waals surface area contributed by atoms with Crippen molar-refractivity contribution in [1.29, 1.82) is 0 Å². The van der Waals surface area contributed by atoms with Gasteiger partial charge in [-0.2, -0.15) is 0 Å². The van der Waals surface area contributed by atoms with E-state index in [9.17, 15) is 8.42 Å². The van der Waals surface area contributed by atoms with Crippen molar-refractivity contribution in [1.82, 2.24) is 0 Å². The first-order valence-corrected chi connectivity index (χ1v) is 8.97. The smallest absolute Gasteiger partial charge is 0.262 e. The summed E-state index contributed by atoms with van der Waals surface area (Å²) in [6.07, 6.45) is 0. The summed E-state index contributed by atoms with van der Waals surface area (Å²) in [7, 11) is -2.07. The standard InChI is InChI=1S/C16H18BrNO3S/c1-10-9-13(5-6-14(10)17)18-22(19,20)16-8-7-15(21-4)11(2)12(16)3/h5-9,18H,1-4H3.